The molecule has 1 aromatic carbocycles. The molecule has 0 radical (unpaired) electrons. The van der Waals surface area contributed by atoms with Crippen LogP contribution in [0.2, 0.25) is 0 Å². The highest BCUT2D eigenvalue weighted by Gasteiger charge is 2.14. The first-order valence-electron chi connectivity index (χ1n) is 6.19. The summed E-state index contributed by atoms with van der Waals surface area (Å²) in [6, 6.07) is 7.52. The molecule has 19 heavy (non-hydrogen) atoms. The minimum Gasteiger partial charge on any atom is -0.409 e. The summed E-state index contributed by atoms with van der Waals surface area (Å²) in [5.41, 5.74) is 7.17. The topological polar surface area (TPSA) is 87.7 Å². The Morgan fingerprint density at radius 3 is 2.37 bits per heavy atom. The van der Waals surface area contributed by atoms with E-state index in [2.05, 4.69) is 31.2 Å². The van der Waals surface area contributed by atoms with Gasteiger partial charge in [-0.1, -0.05) is 38.1 Å². The number of rotatable bonds is 4. The molecule has 0 aromatic heterocycles. The molecular weight excluding hydrogens is 242 g/mol. The average molecular weight is 263 g/mol. The lowest BCUT2D eigenvalue weighted by atomic mass is 9.87. The summed E-state index contributed by atoms with van der Waals surface area (Å²) in [4.78, 5) is 11.8. The number of hydrogen-bond acceptors (Lipinski definition) is 3. The van der Waals surface area contributed by atoms with E-state index in [-0.39, 0.29) is 17.2 Å². The molecule has 1 aromatic rings. The molecule has 0 fully saturated rings. The van der Waals surface area contributed by atoms with Gasteiger partial charge in [-0.3, -0.25) is 4.79 Å². The van der Waals surface area contributed by atoms with Crippen molar-refractivity contribution in [2.24, 2.45) is 10.9 Å². The molecule has 0 atom stereocenters. The number of nitrogens with two attached hydrogens (primary N) is 1. The highest BCUT2D eigenvalue weighted by atomic mass is 16.4. The van der Waals surface area contributed by atoms with Gasteiger partial charge < -0.3 is 16.3 Å². The molecule has 5 nitrogen and oxygen atoms in total. The molecule has 1 rings (SSSR count). The first-order valence-corrected chi connectivity index (χ1v) is 6.19. The Labute approximate surface area is 113 Å². The van der Waals surface area contributed by atoms with Crippen LogP contribution >= 0.6 is 0 Å². The molecule has 1 amide bonds. The van der Waals surface area contributed by atoms with E-state index in [1.165, 1.54) is 5.56 Å². The van der Waals surface area contributed by atoms with E-state index in [0.29, 0.717) is 18.5 Å². The molecule has 0 heterocycles. The number of carbonyl (C=O) groups is 1. The van der Waals surface area contributed by atoms with Crippen molar-refractivity contribution in [3.8, 4) is 0 Å². The first-order chi connectivity index (χ1) is 8.84. The SMILES string of the molecule is CC(C)(C)c1ccc(C(=O)NCCC(N)=NO)cc1. The van der Waals surface area contributed by atoms with Crippen molar-refractivity contribution in [1.82, 2.24) is 5.32 Å². The molecule has 0 spiro atoms. The third-order valence-corrected chi connectivity index (χ3v) is 2.81. The van der Waals surface area contributed by atoms with Crippen LogP contribution in [0, 0.1) is 0 Å². The Morgan fingerprint density at radius 2 is 1.89 bits per heavy atom. The molecule has 0 aliphatic rings. The summed E-state index contributed by atoms with van der Waals surface area (Å²) < 4.78 is 0. The van der Waals surface area contributed by atoms with Crippen molar-refractivity contribution in [3.05, 3.63) is 35.4 Å². The molecule has 0 saturated heterocycles. The van der Waals surface area contributed by atoms with E-state index in [1.54, 1.807) is 12.1 Å². The van der Waals surface area contributed by atoms with Crippen LogP contribution in [0.25, 0.3) is 0 Å². The van der Waals surface area contributed by atoms with E-state index in [9.17, 15) is 4.79 Å². The molecule has 0 unspecified atom stereocenters. The Morgan fingerprint density at radius 1 is 1.32 bits per heavy atom. The number of nitrogens with one attached hydrogen (secondary N) is 1. The smallest absolute Gasteiger partial charge is 0.251 e. The minimum atomic E-state index is -0.161. The predicted octanol–water partition coefficient (Wildman–Crippen LogP) is 1.85. The minimum absolute atomic E-state index is 0.0705. The van der Waals surface area contributed by atoms with Crippen LogP contribution in [0.1, 0.15) is 43.1 Å². The van der Waals surface area contributed by atoms with Gasteiger partial charge in [-0.05, 0) is 23.1 Å². The van der Waals surface area contributed by atoms with E-state index in [1.807, 2.05) is 12.1 Å². The number of amidine groups is 1. The second-order valence-corrected chi connectivity index (χ2v) is 5.42. The van der Waals surface area contributed by atoms with Gasteiger partial charge in [-0.2, -0.15) is 0 Å². The van der Waals surface area contributed by atoms with E-state index in [4.69, 9.17) is 10.9 Å². The maximum atomic E-state index is 11.8. The summed E-state index contributed by atoms with van der Waals surface area (Å²) in [6.07, 6.45) is 0.322. The molecule has 0 bridgehead atoms. The third-order valence-electron chi connectivity index (χ3n) is 2.81. The van der Waals surface area contributed by atoms with Gasteiger partial charge >= 0.3 is 0 Å². The van der Waals surface area contributed by atoms with Gasteiger partial charge in [0, 0.05) is 18.5 Å². The number of carbonyl (C=O) groups excluding carboxylic acids is 1. The van der Waals surface area contributed by atoms with Gasteiger partial charge in [-0.25, -0.2) is 0 Å². The number of amides is 1. The van der Waals surface area contributed by atoms with E-state index >= 15 is 0 Å². The average Bonchev–Trinajstić information content (AvgIpc) is 2.37. The highest BCUT2D eigenvalue weighted by Crippen LogP contribution is 2.22. The zero-order chi connectivity index (χ0) is 14.5. The van der Waals surface area contributed by atoms with E-state index in [0.717, 1.165) is 0 Å². The van der Waals surface area contributed by atoms with Gasteiger partial charge in [0.2, 0.25) is 0 Å². The van der Waals surface area contributed by atoms with Gasteiger partial charge in [0.15, 0.2) is 0 Å². The third kappa shape index (κ3) is 4.62. The van der Waals surface area contributed by atoms with Crippen LogP contribution < -0.4 is 11.1 Å². The standard InChI is InChI=1S/C14H21N3O2/c1-14(2,3)11-6-4-10(5-7-11)13(18)16-9-8-12(15)17-19/h4-7,19H,8-9H2,1-3H3,(H2,15,17)(H,16,18). The van der Waals surface area contributed by atoms with Crippen LogP contribution in [-0.2, 0) is 5.41 Å². The number of benzene rings is 1. The number of oxime groups is 1. The van der Waals surface area contributed by atoms with Gasteiger partial charge in [-0.15, -0.1) is 0 Å². The largest absolute Gasteiger partial charge is 0.409 e. The van der Waals surface area contributed by atoms with Gasteiger partial charge in [0.25, 0.3) is 5.91 Å². The molecular formula is C14H21N3O2. The lowest BCUT2D eigenvalue weighted by molar-refractivity contribution is 0.0954. The number of nitrogens with zero attached hydrogens (tertiary/aromatic N) is 1. The Balaban J connectivity index is 2.59. The van der Waals surface area contributed by atoms with Crippen LogP contribution in [0.4, 0.5) is 0 Å². The second-order valence-electron chi connectivity index (χ2n) is 5.42. The highest BCUT2D eigenvalue weighted by molar-refractivity contribution is 5.94. The molecule has 5 heteroatoms. The van der Waals surface area contributed by atoms with Crippen molar-refractivity contribution in [1.29, 1.82) is 0 Å². The quantitative estimate of drug-likeness (QED) is 0.335. The zero-order valence-corrected chi connectivity index (χ0v) is 11.6. The van der Waals surface area contributed by atoms with Crippen LogP contribution in [0.3, 0.4) is 0 Å². The van der Waals surface area contributed by atoms with Crippen molar-refractivity contribution in [2.45, 2.75) is 32.6 Å². The molecule has 0 aliphatic heterocycles. The Hall–Kier alpha value is -2.04. The van der Waals surface area contributed by atoms with Crippen LogP contribution in [0.5, 0.6) is 0 Å². The Kier molecular flexibility index (Phi) is 4.92. The molecule has 0 saturated carbocycles. The lowest BCUT2D eigenvalue weighted by Crippen LogP contribution is -2.28. The second kappa shape index (κ2) is 6.22. The molecule has 104 valence electrons. The van der Waals surface area contributed by atoms with Crippen molar-refractivity contribution in [3.63, 3.8) is 0 Å². The normalized spacial score (nSPS) is 12.3. The molecule has 4 N–H and O–H groups in total. The summed E-state index contributed by atoms with van der Waals surface area (Å²) in [6.45, 7) is 6.72. The summed E-state index contributed by atoms with van der Waals surface area (Å²) in [5, 5.41) is 13.9. The van der Waals surface area contributed by atoms with Gasteiger partial charge in [0.05, 0.1) is 0 Å². The first kappa shape index (κ1) is 15.0. The van der Waals surface area contributed by atoms with E-state index < -0.39 is 0 Å². The summed E-state index contributed by atoms with van der Waals surface area (Å²) >= 11 is 0. The van der Waals surface area contributed by atoms with Crippen molar-refractivity contribution >= 4 is 11.7 Å². The van der Waals surface area contributed by atoms with Gasteiger partial charge in [0.1, 0.15) is 5.84 Å². The summed E-state index contributed by atoms with van der Waals surface area (Å²) in [5.74, 6) is -0.0606. The maximum Gasteiger partial charge on any atom is 0.251 e. The van der Waals surface area contributed by atoms with Crippen LogP contribution in [-0.4, -0.2) is 23.5 Å². The maximum absolute atomic E-state index is 11.8. The Bertz CT molecular complexity index is 459. The zero-order valence-electron chi connectivity index (χ0n) is 11.6. The van der Waals surface area contributed by atoms with Crippen molar-refractivity contribution in [2.75, 3.05) is 6.54 Å². The fraction of sp³-hybridized carbons (Fsp3) is 0.429. The lowest BCUT2D eigenvalue weighted by Gasteiger charge is -2.19. The van der Waals surface area contributed by atoms with Crippen LogP contribution in [0.15, 0.2) is 29.4 Å². The van der Waals surface area contributed by atoms with Crippen molar-refractivity contribution < 1.29 is 10.0 Å². The predicted molar refractivity (Wildman–Crippen MR) is 75.5 cm³/mol. The number of hydrogen-bond donors (Lipinski definition) is 3. The molecule has 0 aliphatic carbocycles. The monoisotopic (exact) mass is 263 g/mol. The fourth-order valence-corrected chi connectivity index (χ4v) is 1.58. The summed E-state index contributed by atoms with van der Waals surface area (Å²) in [7, 11) is 0. The fourth-order valence-electron chi connectivity index (χ4n) is 1.58.